The minimum Gasteiger partial charge on any atom is -0.462 e. The van der Waals surface area contributed by atoms with Gasteiger partial charge >= 0.3 is 5.97 Å². The lowest BCUT2D eigenvalue weighted by molar-refractivity contribution is -0.164. The molecule has 1 unspecified atom stereocenters. The monoisotopic (exact) mass is 370 g/mol. The fraction of sp³-hybridized carbons (Fsp3) is 0.842. The van der Waals surface area contributed by atoms with Crippen LogP contribution in [0.1, 0.15) is 78.1 Å². The van der Waals surface area contributed by atoms with E-state index in [-0.39, 0.29) is 24.5 Å². The number of carbonyl (C=O) groups is 3. The molecular formula is C19H34N2O5. The highest BCUT2D eigenvalue weighted by Crippen LogP contribution is 2.28. The van der Waals surface area contributed by atoms with Crippen molar-refractivity contribution in [1.82, 2.24) is 10.6 Å². The molecule has 0 aromatic heterocycles. The van der Waals surface area contributed by atoms with Gasteiger partial charge in [0.2, 0.25) is 5.91 Å². The first-order chi connectivity index (χ1) is 12.4. The van der Waals surface area contributed by atoms with Crippen LogP contribution in [0.25, 0.3) is 0 Å². The molecule has 150 valence electrons. The molecule has 26 heavy (non-hydrogen) atoms. The first-order valence-corrected chi connectivity index (χ1v) is 9.70. The van der Waals surface area contributed by atoms with Gasteiger partial charge in [0, 0.05) is 6.42 Å². The first-order valence-electron chi connectivity index (χ1n) is 9.70. The molecular weight excluding hydrogens is 336 g/mol. The molecule has 0 aromatic rings. The summed E-state index contributed by atoms with van der Waals surface area (Å²) in [5.41, 5.74) is -0.0649. The third kappa shape index (κ3) is 10.4. The minimum atomic E-state index is -1.21. The van der Waals surface area contributed by atoms with Crippen molar-refractivity contribution in [2.75, 3.05) is 13.3 Å². The van der Waals surface area contributed by atoms with Crippen LogP contribution in [0, 0.1) is 5.41 Å². The number of carbonyl (C=O) groups excluding carboxylic acids is 3. The summed E-state index contributed by atoms with van der Waals surface area (Å²) >= 11 is 0. The van der Waals surface area contributed by atoms with Crippen LogP contribution < -0.4 is 10.6 Å². The summed E-state index contributed by atoms with van der Waals surface area (Å²) in [6.45, 7) is 4.72. The van der Waals surface area contributed by atoms with E-state index in [4.69, 9.17) is 9.47 Å². The normalized spacial score (nSPS) is 24.9. The third-order valence-corrected chi connectivity index (χ3v) is 4.61. The zero-order chi connectivity index (χ0) is 19.3. The standard InChI is InChI=1S/C19H34N2O5/c1-19(2)11-9-7-5-3-4-6-8-10-12-25-18(24)17(26-15-22)21-14-20-16(23)13-19/h15,17,21H,3-14H2,1-2H3,(H,20,23). The Hall–Kier alpha value is -1.63. The van der Waals surface area contributed by atoms with Crippen molar-refractivity contribution in [3.05, 3.63) is 0 Å². The summed E-state index contributed by atoms with van der Waals surface area (Å²) < 4.78 is 9.85. The molecule has 0 aromatic carbocycles. The quantitative estimate of drug-likeness (QED) is 0.573. The van der Waals surface area contributed by atoms with Gasteiger partial charge in [-0.15, -0.1) is 0 Å². The minimum absolute atomic E-state index is 0.0303. The van der Waals surface area contributed by atoms with Crippen LogP contribution in [0.4, 0.5) is 0 Å². The summed E-state index contributed by atoms with van der Waals surface area (Å²) in [6, 6.07) is 0. The van der Waals surface area contributed by atoms with Crippen LogP contribution in [0.5, 0.6) is 0 Å². The van der Waals surface area contributed by atoms with Crippen molar-refractivity contribution in [2.24, 2.45) is 5.41 Å². The molecule has 1 aliphatic heterocycles. The van der Waals surface area contributed by atoms with Crippen LogP contribution >= 0.6 is 0 Å². The molecule has 1 fully saturated rings. The van der Waals surface area contributed by atoms with E-state index in [1.54, 1.807) is 0 Å². The highest BCUT2D eigenvalue weighted by molar-refractivity contribution is 5.77. The van der Waals surface area contributed by atoms with Crippen molar-refractivity contribution in [2.45, 2.75) is 84.3 Å². The summed E-state index contributed by atoms with van der Waals surface area (Å²) in [5, 5.41) is 5.39. The Morgan fingerprint density at radius 2 is 1.65 bits per heavy atom. The number of hydrogen-bond acceptors (Lipinski definition) is 6. The molecule has 0 saturated carbocycles. The van der Waals surface area contributed by atoms with Crippen LogP contribution in [0.3, 0.4) is 0 Å². The maximum absolute atomic E-state index is 12.1. The van der Waals surface area contributed by atoms with Crippen molar-refractivity contribution in [1.29, 1.82) is 0 Å². The molecule has 7 nitrogen and oxygen atoms in total. The first kappa shape index (κ1) is 22.4. The Labute approximate surface area is 156 Å². The molecule has 2 N–H and O–H groups in total. The predicted molar refractivity (Wildman–Crippen MR) is 98.0 cm³/mol. The average molecular weight is 370 g/mol. The summed E-state index contributed by atoms with van der Waals surface area (Å²) in [6.07, 6.45) is 9.15. The Balaban J connectivity index is 2.56. The van der Waals surface area contributed by atoms with Crippen LogP contribution in [-0.2, 0) is 23.9 Å². The predicted octanol–water partition coefficient (Wildman–Crippen LogP) is 2.63. The summed E-state index contributed by atoms with van der Waals surface area (Å²) in [7, 11) is 0. The van der Waals surface area contributed by atoms with E-state index < -0.39 is 12.2 Å². The Bertz CT molecular complexity index is 440. The zero-order valence-corrected chi connectivity index (χ0v) is 16.2. The number of nitrogens with one attached hydrogen (secondary N) is 2. The number of rotatable bonds is 2. The van der Waals surface area contributed by atoms with Crippen molar-refractivity contribution >= 4 is 18.3 Å². The van der Waals surface area contributed by atoms with Gasteiger partial charge in [-0.1, -0.05) is 58.8 Å². The maximum Gasteiger partial charge on any atom is 0.363 e. The van der Waals surface area contributed by atoms with Crippen LogP contribution in [-0.4, -0.2) is 37.9 Å². The molecule has 1 aliphatic rings. The highest BCUT2D eigenvalue weighted by Gasteiger charge is 2.23. The van der Waals surface area contributed by atoms with E-state index in [0.29, 0.717) is 13.0 Å². The van der Waals surface area contributed by atoms with Gasteiger partial charge in [0.1, 0.15) is 0 Å². The van der Waals surface area contributed by atoms with E-state index in [1.807, 2.05) is 0 Å². The van der Waals surface area contributed by atoms with Crippen molar-refractivity contribution in [3.8, 4) is 0 Å². The smallest absolute Gasteiger partial charge is 0.363 e. The van der Waals surface area contributed by atoms with Gasteiger partial charge in [-0.25, -0.2) is 4.79 Å². The van der Waals surface area contributed by atoms with E-state index in [1.165, 1.54) is 25.7 Å². The van der Waals surface area contributed by atoms with Crippen molar-refractivity contribution in [3.63, 3.8) is 0 Å². The second-order valence-electron chi connectivity index (χ2n) is 7.68. The number of hydrogen-bond donors (Lipinski definition) is 2. The van der Waals surface area contributed by atoms with Gasteiger partial charge in [0.25, 0.3) is 12.7 Å². The zero-order valence-electron chi connectivity index (χ0n) is 16.2. The van der Waals surface area contributed by atoms with E-state index >= 15 is 0 Å². The topological polar surface area (TPSA) is 93.7 Å². The second kappa shape index (κ2) is 12.7. The van der Waals surface area contributed by atoms with Gasteiger partial charge in [-0.2, -0.15) is 0 Å². The number of amides is 1. The SMILES string of the molecule is CC1(C)CCCCCCCCCCOC(=O)C(OC=O)NCNC(=O)C1. The lowest BCUT2D eigenvalue weighted by Crippen LogP contribution is -2.46. The Kier molecular flexibility index (Phi) is 10.9. The van der Waals surface area contributed by atoms with Gasteiger partial charge < -0.3 is 14.8 Å². The maximum atomic E-state index is 12.1. The van der Waals surface area contributed by atoms with Gasteiger partial charge in [-0.05, 0) is 18.3 Å². The molecule has 0 spiro atoms. The van der Waals surface area contributed by atoms with E-state index in [9.17, 15) is 14.4 Å². The van der Waals surface area contributed by atoms with Gasteiger partial charge in [-0.3, -0.25) is 14.9 Å². The molecule has 1 atom stereocenters. The van der Waals surface area contributed by atoms with Gasteiger partial charge in [0.05, 0.1) is 13.3 Å². The summed E-state index contributed by atoms with van der Waals surface area (Å²) in [4.78, 5) is 34.6. The van der Waals surface area contributed by atoms with Crippen LogP contribution in [0.15, 0.2) is 0 Å². The number of ether oxygens (including phenoxy) is 2. The fourth-order valence-electron chi connectivity index (χ4n) is 3.09. The molecule has 1 saturated heterocycles. The Morgan fingerprint density at radius 3 is 2.31 bits per heavy atom. The summed E-state index contributed by atoms with van der Waals surface area (Å²) in [5.74, 6) is -0.747. The molecule has 0 aliphatic carbocycles. The number of esters is 1. The largest absolute Gasteiger partial charge is 0.462 e. The fourth-order valence-corrected chi connectivity index (χ4v) is 3.09. The molecule has 0 bridgehead atoms. The van der Waals surface area contributed by atoms with E-state index in [0.717, 1.165) is 32.1 Å². The van der Waals surface area contributed by atoms with Gasteiger partial charge in [0.15, 0.2) is 0 Å². The molecule has 7 heteroatoms. The third-order valence-electron chi connectivity index (χ3n) is 4.61. The molecule has 0 radical (unpaired) electrons. The lowest BCUT2D eigenvalue weighted by atomic mass is 9.83. The Morgan fingerprint density at radius 1 is 1.04 bits per heavy atom. The molecule has 1 heterocycles. The second-order valence-corrected chi connectivity index (χ2v) is 7.68. The average Bonchev–Trinajstić information content (AvgIpc) is 2.57. The molecule has 1 rings (SSSR count). The van der Waals surface area contributed by atoms with Crippen LogP contribution in [0.2, 0.25) is 0 Å². The van der Waals surface area contributed by atoms with Crippen molar-refractivity contribution < 1.29 is 23.9 Å². The number of cyclic esters (lactones) is 1. The molecule has 1 amide bonds. The lowest BCUT2D eigenvalue weighted by Gasteiger charge is -2.24. The van der Waals surface area contributed by atoms with E-state index in [2.05, 4.69) is 24.5 Å². The highest BCUT2D eigenvalue weighted by atomic mass is 16.6.